The molecule has 4 heteroatoms. The fourth-order valence-corrected chi connectivity index (χ4v) is 2.84. The molecule has 104 valence electrons. The smallest absolute Gasteiger partial charge is 0.162 e. The predicted octanol–water partition coefficient (Wildman–Crippen LogP) is 3.43. The molecule has 1 aliphatic carbocycles. The molecule has 0 unspecified atom stereocenters. The first-order chi connectivity index (χ1) is 9.84. The summed E-state index contributed by atoms with van der Waals surface area (Å²) in [6.45, 7) is 0. The number of ketones is 1. The summed E-state index contributed by atoms with van der Waals surface area (Å²) in [6, 6.07) is 3.61. The zero-order valence-electron chi connectivity index (χ0n) is 11.4. The van der Waals surface area contributed by atoms with Crippen molar-refractivity contribution in [3.63, 3.8) is 0 Å². The highest BCUT2D eigenvalue weighted by atomic mass is 16.3. The Morgan fingerprint density at radius 2 is 1.95 bits per heavy atom. The molecule has 0 bridgehead atoms. The predicted molar refractivity (Wildman–Crippen MR) is 75.0 cm³/mol. The van der Waals surface area contributed by atoms with Crippen LogP contribution in [0.4, 0.5) is 0 Å². The van der Waals surface area contributed by atoms with Crippen molar-refractivity contribution in [3.05, 3.63) is 36.5 Å². The average molecular weight is 270 g/mol. The van der Waals surface area contributed by atoms with Gasteiger partial charge in [0.25, 0.3) is 0 Å². The SMILES string of the molecule is O=C(Cc1occc1-c1ncccn1)C1CCCCC1. The third kappa shape index (κ3) is 2.79. The van der Waals surface area contributed by atoms with Crippen molar-refractivity contribution in [1.82, 2.24) is 9.97 Å². The third-order valence-electron chi connectivity index (χ3n) is 3.95. The second kappa shape index (κ2) is 5.99. The standard InChI is InChI=1S/C16H18N2O2/c19-14(12-5-2-1-3-6-12)11-15-13(7-10-20-15)16-17-8-4-9-18-16/h4,7-10,12H,1-3,5-6,11H2. The number of carbonyl (C=O) groups is 1. The lowest BCUT2D eigenvalue weighted by Gasteiger charge is -2.19. The van der Waals surface area contributed by atoms with E-state index in [1.165, 1.54) is 19.3 Å². The van der Waals surface area contributed by atoms with Crippen LogP contribution >= 0.6 is 0 Å². The number of hydrogen-bond donors (Lipinski definition) is 0. The van der Waals surface area contributed by atoms with Gasteiger partial charge in [0, 0.05) is 18.3 Å². The Hall–Kier alpha value is -1.97. The highest BCUT2D eigenvalue weighted by molar-refractivity contribution is 5.84. The molecule has 0 spiro atoms. The fourth-order valence-electron chi connectivity index (χ4n) is 2.84. The van der Waals surface area contributed by atoms with Crippen LogP contribution in [0.25, 0.3) is 11.4 Å². The summed E-state index contributed by atoms with van der Waals surface area (Å²) in [5, 5.41) is 0. The van der Waals surface area contributed by atoms with Crippen LogP contribution in [0.5, 0.6) is 0 Å². The lowest BCUT2D eigenvalue weighted by Crippen LogP contribution is -2.19. The molecule has 20 heavy (non-hydrogen) atoms. The third-order valence-corrected chi connectivity index (χ3v) is 3.95. The number of nitrogens with zero attached hydrogens (tertiary/aromatic N) is 2. The average Bonchev–Trinajstić information content (AvgIpc) is 2.97. The first kappa shape index (κ1) is 13.0. The largest absolute Gasteiger partial charge is 0.468 e. The molecule has 0 atom stereocenters. The van der Waals surface area contributed by atoms with Gasteiger partial charge in [-0.3, -0.25) is 4.79 Å². The fraction of sp³-hybridized carbons (Fsp3) is 0.438. The minimum Gasteiger partial charge on any atom is -0.468 e. The molecular weight excluding hydrogens is 252 g/mol. The van der Waals surface area contributed by atoms with E-state index in [1.54, 1.807) is 24.7 Å². The van der Waals surface area contributed by atoms with Crippen molar-refractivity contribution in [2.45, 2.75) is 38.5 Å². The van der Waals surface area contributed by atoms with Crippen LogP contribution in [0.3, 0.4) is 0 Å². The van der Waals surface area contributed by atoms with Crippen molar-refractivity contribution in [2.75, 3.05) is 0 Å². The number of furan rings is 1. The molecule has 0 saturated heterocycles. The van der Waals surface area contributed by atoms with E-state index in [9.17, 15) is 4.79 Å². The number of carbonyl (C=O) groups excluding carboxylic acids is 1. The number of Topliss-reactive ketones (excluding diaryl/α,β-unsaturated/α-hetero) is 1. The first-order valence-corrected chi connectivity index (χ1v) is 7.21. The van der Waals surface area contributed by atoms with E-state index in [0.717, 1.165) is 18.4 Å². The maximum atomic E-state index is 12.3. The Kier molecular flexibility index (Phi) is 3.90. The highest BCUT2D eigenvalue weighted by Gasteiger charge is 2.23. The molecule has 1 saturated carbocycles. The van der Waals surface area contributed by atoms with Gasteiger partial charge in [0.15, 0.2) is 5.82 Å². The molecule has 4 nitrogen and oxygen atoms in total. The molecule has 1 fully saturated rings. The van der Waals surface area contributed by atoms with Crippen LogP contribution < -0.4 is 0 Å². The molecule has 1 aliphatic rings. The summed E-state index contributed by atoms with van der Waals surface area (Å²) in [5.41, 5.74) is 0.828. The van der Waals surface area contributed by atoms with Gasteiger partial charge in [-0.1, -0.05) is 19.3 Å². The van der Waals surface area contributed by atoms with Crippen molar-refractivity contribution < 1.29 is 9.21 Å². The topological polar surface area (TPSA) is 56.0 Å². The molecular formula is C16H18N2O2. The van der Waals surface area contributed by atoms with E-state index in [4.69, 9.17) is 4.42 Å². The number of rotatable bonds is 4. The van der Waals surface area contributed by atoms with E-state index >= 15 is 0 Å². The molecule has 0 aliphatic heterocycles. The van der Waals surface area contributed by atoms with Gasteiger partial charge in [-0.25, -0.2) is 9.97 Å². The second-order valence-corrected chi connectivity index (χ2v) is 5.31. The molecule has 0 amide bonds. The van der Waals surface area contributed by atoms with Gasteiger partial charge in [-0.15, -0.1) is 0 Å². The highest BCUT2D eigenvalue weighted by Crippen LogP contribution is 2.28. The molecule has 0 aromatic carbocycles. The van der Waals surface area contributed by atoms with Crippen LogP contribution in [0.1, 0.15) is 37.9 Å². The number of aromatic nitrogens is 2. The minimum absolute atomic E-state index is 0.207. The van der Waals surface area contributed by atoms with Gasteiger partial charge in [-0.2, -0.15) is 0 Å². The van der Waals surface area contributed by atoms with Crippen LogP contribution in [0.2, 0.25) is 0 Å². The lowest BCUT2D eigenvalue weighted by molar-refractivity contribution is -0.123. The van der Waals surface area contributed by atoms with Crippen LogP contribution in [-0.4, -0.2) is 15.8 Å². The van der Waals surface area contributed by atoms with Gasteiger partial charge in [0.1, 0.15) is 11.5 Å². The van der Waals surface area contributed by atoms with Crippen molar-refractivity contribution in [2.24, 2.45) is 5.92 Å². The molecule has 0 N–H and O–H groups in total. The van der Waals surface area contributed by atoms with Gasteiger partial charge >= 0.3 is 0 Å². The van der Waals surface area contributed by atoms with E-state index < -0.39 is 0 Å². The normalized spacial score (nSPS) is 16.2. The quantitative estimate of drug-likeness (QED) is 0.854. The number of hydrogen-bond acceptors (Lipinski definition) is 4. The second-order valence-electron chi connectivity index (χ2n) is 5.31. The molecule has 2 aromatic rings. The van der Waals surface area contributed by atoms with Gasteiger partial charge < -0.3 is 4.42 Å². The van der Waals surface area contributed by atoms with E-state index in [0.29, 0.717) is 18.0 Å². The van der Waals surface area contributed by atoms with Crippen LogP contribution in [-0.2, 0) is 11.2 Å². The van der Waals surface area contributed by atoms with Gasteiger partial charge in [-0.05, 0) is 25.0 Å². The lowest BCUT2D eigenvalue weighted by atomic mass is 9.85. The monoisotopic (exact) mass is 270 g/mol. The van der Waals surface area contributed by atoms with Crippen molar-refractivity contribution in [3.8, 4) is 11.4 Å². The molecule has 2 heterocycles. The van der Waals surface area contributed by atoms with Crippen molar-refractivity contribution in [1.29, 1.82) is 0 Å². The molecule has 2 aromatic heterocycles. The summed E-state index contributed by atoms with van der Waals surface area (Å²) >= 11 is 0. The van der Waals surface area contributed by atoms with Gasteiger partial charge in [0.05, 0.1) is 18.2 Å². The Morgan fingerprint density at radius 3 is 2.70 bits per heavy atom. The van der Waals surface area contributed by atoms with Crippen molar-refractivity contribution >= 4 is 5.78 Å². The minimum atomic E-state index is 0.207. The zero-order valence-corrected chi connectivity index (χ0v) is 11.4. The summed E-state index contributed by atoms with van der Waals surface area (Å²) in [7, 11) is 0. The Labute approximate surface area is 118 Å². The Balaban J connectivity index is 1.75. The Bertz CT molecular complexity index is 571. The molecule has 3 rings (SSSR count). The molecule has 0 radical (unpaired) electrons. The first-order valence-electron chi connectivity index (χ1n) is 7.21. The van der Waals surface area contributed by atoms with Crippen LogP contribution in [0.15, 0.2) is 35.2 Å². The van der Waals surface area contributed by atoms with E-state index in [-0.39, 0.29) is 11.7 Å². The zero-order chi connectivity index (χ0) is 13.8. The maximum Gasteiger partial charge on any atom is 0.162 e. The van der Waals surface area contributed by atoms with E-state index in [2.05, 4.69) is 9.97 Å². The summed E-state index contributed by atoms with van der Waals surface area (Å²) in [4.78, 5) is 20.8. The summed E-state index contributed by atoms with van der Waals surface area (Å²) < 4.78 is 5.48. The summed E-state index contributed by atoms with van der Waals surface area (Å²) in [5.74, 6) is 1.80. The summed E-state index contributed by atoms with van der Waals surface area (Å²) in [6.07, 6.45) is 11.0. The Morgan fingerprint density at radius 1 is 1.20 bits per heavy atom. The van der Waals surface area contributed by atoms with E-state index in [1.807, 2.05) is 6.07 Å². The van der Waals surface area contributed by atoms with Gasteiger partial charge in [0.2, 0.25) is 0 Å². The maximum absolute atomic E-state index is 12.3. The van der Waals surface area contributed by atoms with Crippen LogP contribution in [0, 0.1) is 5.92 Å².